The Bertz CT molecular complexity index is 1110. The molecule has 2 heterocycles. The first-order valence-electron chi connectivity index (χ1n) is 10.3. The number of aromatic nitrogens is 2. The number of nitrogens with one attached hydrogen (secondary N) is 1. The highest BCUT2D eigenvalue weighted by molar-refractivity contribution is 7.09. The number of imidazole rings is 1. The fraction of sp³-hybridized carbons (Fsp3) is 0.250. The maximum Gasteiger partial charge on any atom is 0.251 e. The van der Waals surface area contributed by atoms with Gasteiger partial charge in [0.25, 0.3) is 5.91 Å². The Morgan fingerprint density at radius 3 is 2.71 bits per heavy atom. The number of fused-ring (bicyclic) bond motifs is 1. The van der Waals surface area contributed by atoms with Crippen LogP contribution in [-0.4, -0.2) is 39.8 Å². The first-order chi connectivity index (χ1) is 15.2. The van der Waals surface area contributed by atoms with Crippen LogP contribution in [0.15, 0.2) is 72.1 Å². The zero-order valence-electron chi connectivity index (χ0n) is 17.1. The minimum absolute atomic E-state index is 0.106. The third-order valence-corrected chi connectivity index (χ3v) is 5.78. The molecule has 0 aliphatic rings. The van der Waals surface area contributed by atoms with E-state index in [1.807, 2.05) is 64.5 Å². The fourth-order valence-corrected chi connectivity index (χ4v) is 4.09. The van der Waals surface area contributed by atoms with Gasteiger partial charge < -0.3 is 19.7 Å². The molecule has 0 fully saturated rings. The molecule has 0 spiro atoms. The molecule has 0 radical (unpaired) electrons. The monoisotopic (exact) mass is 435 g/mol. The van der Waals surface area contributed by atoms with Crippen molar-refractivity contribution in [1.29, 1.82) is 0 Å². The van der Waals surface area contributed by atoms with Crippen molar-refractivity contribution in [3.05, 3.63) is 88.4 Å². The van der Waals surface area contributed by atoms with Crippen LogP contribution in [0.3, 0.4) is 0 Å². The number of para-hydroxylation sites is 2. The van der Waals surface area contributed by atoms with Crippen molar-refractivity contribution >= 4 is 28.3 Å². The number of ether oxygens (including phenoxy) is 1. The standard InChI is InChI=1S/C24H25N3O3S/c28-19(16-30-17-20-9-6-14-31-20)15-27-22-11-5-4-10-21(22)26-23(27)12-13-25-24(29)18-7-2-1-3-8-18/h1-11,14,19,28H,12-13,15-17H2,(H,25,29). The number of amides is 1. The second-order valence-electron chi connectivity index (χ2n) is 7.25. The zero-order valence-corrected chi connectivity index (χ0v) is 17.9. The van der Waals surface area contributed by atoms with E-state index in [2.05, 4.69) is 5.32 Å². The molecule has 2 N–H and O–H groups in total. The second-order valence-corrected chi connectivity index (χ2v) is 8.28. The Labute approximate surface area is 185 Å². The predicted molar refractivity (Wildman–Crippen MR) is 122 cm³/mol. The summed E-state index contributed by atoms with van der Waals surface area (Å²) in [6.07, 6.45) is -0.0917. The molecule has 0 aliphatic heterocycles. The molecule has 1 atom stereocenters. The molecule has 4 rings (SSSR count). The number of hydrogen-bond donors (Lipinski definition) is 2. The lowest BCUT2D eigenvalue weighted by Crippen LogP contribution is -2.27. The predicted octanol–water partition coefficient (Wildman–Crippen LogP) is 3.65. The molecule has 2 aromatic carbocycles. The van der Waals surface area contributed by atoms with Crippen LogP contribution in [0.2, 0.25) is 0 Å². The van der Waals surface area contributed by atoms with E-state index in [0.29, 0.717) is 31.7 Å². The SMILES string of the molecule is O=C(NCCc1nc2ccccc2n1CC(O)COCc1cccs1)c1ccccc1. The van der Waals surface area contributed by atoms with E-state index < -0.39 is 6.10 Å². The number of benzene rings is 2. The van der Waals surface area contributed by atoms with Crippen LogP contribution in [0, 0.1) is 0 Å². The molecule has 1 unspecified atom stereocenters. The summed E-state index contributed by atoms with van der Waals surface area (Å²) in [5.74, 6) is 0.720. The molecular weight excluding hydrogens is 410 g/mol. The number of aliphatic hydroxyl groups excluding tert-OH is 1. The van der Waals surface area contributed by atoms with Gasteiger partial charge in [0, 0.05) is 23.4 Å². The first-order valence-corrected chi connectivity index (χ1v) is 11.1. The smallest absolute Gasteiger partial charge is 0.251 e. The highest BCUT2D eigenvalue weighted by atomic mass is 32.1. The largest absolute Gasteiger partial charge is 0.389 e. The van der Waals surface area contributed by atoms with Gasteiger partial charge >= 0.3 is 0 Å². The van der Waals surface area contributed by atoms with E-state index in [0.717, 1.165) is 21.7 Å². The van der Waals surface area contributed by atoms with Gasteiger partial charge in [-0.1, -0.05) is 36.4 Å². The highest BCUT2D eigenvalue weighted by Gasteiger charge is 2.15. The minimum Gasteiger partial charge on any atom is -0.389 e. The minimum atomic E-state index is -0.657. The molecule has 0 saturated heterocycles. The van der Waals surface area contributed by atoms with Gasteiger partial charge in [0.05, 0.1) is 36.9 Å². The second kappa shape index (κ2) is 10.3. The normalized spacial score (nSPS) is 12.2. The van der Waals surface area contributed by atoms with Crippen LogP contribution >= 0.6 is 11.3 Å². The Hall–Kier alpha value is -3.00. The van der Waals surface area contributed by atoms with Crippen molar-refractivity contribution in [1.82, 2.24) is 14.9 Å². The van der Waals surface area contributed by atoms with E-state index in [1.54, 1.807) is 23.5 Å². The molecular formula is C24H25N3O3S. The summed E-state index contributed by atoms with van der Waals surface area (Å²) < 4.78 is 7.69. The lowest BCUT2D eigenvalue weighted by molar-refractivity contribution is 0.0214. The van der Waals surface area contributed by atoms with Gasteiger partial charge in [-0.05, 0) is 35.7 Å². The van der Waals surface area contributed by atoms with E-state index in [-0.39, 0.29) is 12.5 Å². The molecule has 31 heavy (non-hydrogen) atoms. The average molecular weight is 436 g/mol. The molecule has 1 amide bonds. The first kappa shape index (κ1) is 21.2. The van der Waals surface area contributed by atoms with E-state index in [9.17, 15) is 9.90 Å². The summed E-state index contributed by atoms with van der Waals surface area (Å²) in [7, 11) is 0. The zero-order chi connectivity index (χ0) is 21.5. The molecule has 7 heteroatoms. The maximum atomic E-state index is 12.3. The van der Waals surface area contributed by atoms with E-state index in [4.69, 9.17) is 9.72 Å². The van der Waals surface area contributed by atoms with Crippen LogP contribution in [0.1, 0.15) is 21.1 Å². The van der Waals surface area contributed by atoms with Gasteiger partial charge in [-0.2, -0.15) is 0 Å². The molecule has 6 nitrogen and oxygen atoms in total. The Kier molecular flexibility index (Phi) is 7.09. The van der Waals surface area contributed by atoms with Crippen molar-refractivity contribution < 1.29 is 14.6 Å². The van der Waals surface area contributed by atoms with Crippen LogP contribution in [0.5, 0.6) is 0 Å². The molecule has 160 valence electrons. The van der Waals surface area contributed by atoms with Crippen LogP contribution in [0.25, 0.3) is 11.0 Å². The summed E-state index contributed by atoms with van der Waals surface area (Å²) in [5.41, 5.74) is 2.47. The number of aliphatic hydroxyl groups is 1. The average Bonchev–Trinajstić information content (AvgIpc) is 3.43. The number of rotatable bonds is 10. The molecule has 0 bridgehead atoms. The van der Waals surface area contributed by atoms with Crippen molar-refractivity contribution in [3.63, 3.8) is 0 Å². The maximum absolute atomic E-state index is 12.3. The molecule has 2 aromatic heterocycles. The summed E-state index contributed by atoms with van der Waals surface area (Å²) in [6, 6.07) is 21.0. The number of nitrogens with zero attached hydrogens (tertiary/aromatic N) is 2. The topological polar surface area (TPSA) is 76.4 Å². The number of hydrogen-bond acceptors (Lipinski definition) is 5. The van der Waals surface area contributed by atoms with Crippen LogP contribution < -0.4 is 5.32 Å². The molecule has 4 aromatic rings. The van der Waals surface area contributed by atoms with Gasteiger partial charge in [-0.25, -0.2) is 4.98 Å². The van der Waals surface area contributed by atoms with Gasteiger partial charge in [0.15, 0.2) is 0 Å². The summed E-state index contributed by atoms with van der Waals surface area (Å²) >= 11 is 1.64. The van der Waals surface area contributed by atoms with Crippen molar-refractivity contribution in [2.45, 2.75) is 25.7 Å². The Morgan fingerprint density at radius 2 is 1.90 bits per heavy atom. The quantitative estimate of drug-likeness (QED) is 0.399. The van der Waals surface area contributed by atoms with E-state index in [1.165, 1.54) is 0 Å². The Balaban J connectivity index is 1.38. The van der Waals surface area contributed by atoms with Crippen LogP contribution in [-0.2, 0) is 24.3 Å². The van der Waals surface area contributed by atoms with Crippen molar-refractivity contribution in [2.24, 2.45) is 0 Å². The van der Waals surface area contributed by atoms with Gasteiger partial charge in [0.1, 0.15) is 5.82 Å². The fourth-order valence-electron chi connectivity index (χ4n) is 3.45. The van der Waals surface area contributed by atoms with Gasteiger partial charge in [-0.15, -0.1) is 11.3 Å². The highest BCUT2D eigenvalue weighted by Crippen LogP contribution is 2.17. The van der Waals surface area contributed by atoms with Crippen molar-refractivity contribution in [2.75, 3.05) is 13.2 Å². The summed E-state index contributed by atoms with van der Waals surface area (Å²) in [6.45, 7) is 1.58. The number of carbonyl (C=O) groups is 1. The summed E-state index contributed by atoms with van der Waals surface area (Å²) in [5, 5.41) is 15.5. The summed E-state index contributed by atoms with van der Waals surface area (Å²) in [4.78, 5) is 18.1. The molecule has 0 saturated carbocycles. The van der Waals surface area contributed by atoms with Gasteiger partial charge in [-0.3, -0.25) is 4.79 Å². The van der Waals surface area contributed by atoms with E-state index >= 15 is 0 Å². The lowest BCUT2D eigenvalue weighted by atomic mass is 10.2. The van der Waals surface area contributed by atoms with Gasteiger partial charge in [0.2, 0.25) is 0 Å². The Morgan fingerprint density at radius 1 is 1.10 bits per heavy atom. The number of carbonyl (C=O) groups excluding carboxylic acids is 1. The lowest BCUT2D eigenvalue weighted by Gasteiger charge is -2.15. The number of thiophene rings is 1. The third kappa shape index (κ3) is 5.58. The van der Waals surface area contributed by atoms with Crippen LogP contribution in [0.4, 0.5) is 0 Å². The van der Waals surface area contributed by atoms with Crippen molar-refractivity contribution in [3.8, 4) is 0 Å². The molecule has 0 aliphatic carbocycles. The third-order valence-electron chi connectivity index (χ3n) is 4.93.